The molecular formula is C14H20FN3OS. The third-order valence-electron chi connectivity index (χ3n) is 3.18. The summed E-state index contributed by atoms with van der Waals surface area (Å²) >= 11 is 5.21. The number of benzene rings is 1. The van der Waals surface area contributed by atoms with Crippen LogP contribution in [0.1, 0.15) is 5.56 Å². The van der Waals surface area contributed by atoms with Crippen molar-refractivity contribution in [1.29, 1.82) is 0 Å². The third-order valence-corrected chi connectivity index (χ3v) is 3.47. The van der Waals surface area contributed by atoms with Gasteiger partial charge in [-0.2, -0.15) is 0 Å². The molecule has 1 aromatic rings. The van der Waals surface area contributed by atoms with Crippen LogP contribution in [-0.4, -0.2) is 49.4 Å². The van der Waals surface area contributed by atoms with E-state index in [4.69, 9.17) is 17.0 Å². The van der Waals surface area contributed by atoms with E-state index in [2.05, 4.69) is 15.5 Å². The molecule has 2 N–H and O–H groups in total. The number of hydrogen-bond donors (Lipinski definition) is 2. The number of ether oxygens (including phenoxy) is 1. The second kappa shape index (κ2) is 8.14. The molecule has 0 radical (unpaired) electrons. The first-order valence-corrected chi connectivity index (χ1v) is 7.21. The quantitative estimate of drug-likeness (QED) is 0.797. The molecule has 1 fully saturated rings. The Labute approximate surface area is 124 Å². The SMILES string of the molecule is Fc1ccc(CNC(=S)NCCN2CCOCC2)cc1. The average molecular weight is 297 g/mol. The monoisotopic (exact) mass is 297 g/mol. The largest absolute Gasteiger partial charge is 0.379 e. The predicted molar refractivity (Wildman–Crippen MR) is 81.1 cm³/mol. The lowest BCUT2D eigenvalue weighted by Crippen LogP contribution is -2.43. The Bertz CT molecular complexity index is 421. The Morgan fingerprint density at radius 1 is 1.20 bits per heavy atom. The molecular weight excluding hydrogens is 277 g/mol. The van der Waals surface area contributed by atoms with Crippen molar-refractivity contribution in [2.45, 2.75) is 6.54 Å². The number of nitrogens with zero attached hydrogens (tertiary/aromatic N) is 1. The van der Waals surface area contributed by atoms with Gasteiger partial charge in [-0.1, -0.05) is 12.1 Å². The Hall–Kier alpha value is -1.24. The van der Waals surface area contributed by atoms with Crippen LogP contribution in [0.3, 0.4) is 0 Å². The van der Waals surface area contributed by atoms with E-state index in [1.165, 1.54) is 12.1 Å². The van der Waals surface area contributed by atoms with E-state index in [9.17, 15) is 4.39 Å². The van der Waals surface area contributed by atoms with Gasteiger partial charge >= 0.3 is 0 Å². The minimum absolute atomic E-state index is 0.222. The molecule has 4 nitrogen and oxygen atoms in total. The minimum atomic E-state index is -0.222. The fraction of sp³-hybridized carbons (Fsp3) is 0.500. The second-order valence-corrected chi connectivity index (χ2v) is 5.10. The van der Waals surface area contributed by atoms with Gasteiger partial charge in [0.05, 0.1) is 13.2 Å². The number of rotatable bonds is 5. The zero-order chi connectivity index (χ0) is 14.2. The van der Waals surface area contributed by atoms with Crippen LogP contribution < -0.4 is 10.6 Å². The van der Waals surface area contributed by atoms with Crippen molar-refractivity contribution in [2.75, 3.05) is 39.4 Å². The normalized spacial score (nSPS) is 15.8. The molecule has 1 aliphatic heterocycles. The van der Waals surface area contributed by atoms with Crippen molar-refractivity contribution in [2.24, 2.45) is 0 Å². The zero-order valence-corrected chi connectivity index (χ0v) is 12.2. The highest BCUT2D eigenvalue weighted by Crippen LogP contribution is 2.01. The molecule has 0 saturated carbocycles. The van der Waals surface area contributed by atoms with Crippen molar-refractivity contribution in [3.63, 3.8) is 0 Å². The molecule has 0 aliphatic carbocycles. The van der Waals surface area contributed by atoms with E-state index >= 15 is 0 Å². The van der Waals surface area contributed by atoms with Crippen molar-refractivity contribution in [1.82, 2.24) is 15.5 Å². The lowest BCUT2D eigenvalue weighted by molar-refractivity contribution is 0.0389. The van der Waals surface area contributed by atoms with E-state index < -0.39 is 0 Å². The minimum Gasteiger partial charge on any atom is -0.379 e. The van der Waals surface area contributed by atoms with Crippen molar-refractivity contribution < 1.29 is 9.13 Å². The molecule has 0 spiro atoms. The third kappa shape index (κ3) is 5.40. The first kappa shape index (κ1) is 15.2. The summed E-state index contributed by atoms with van der Waals surface area (Å²) in [5.74, 6) is -0.222. The highest BCUT2D eigenvalue weighted by atomic mass is 32.1. The maximum atomic E-state index is 12.8. The van der Waals surface area contributed by atoms with Crippen LogP contribution in [0.2, 0.25) is 0 Å². The molecule has 0 atom stereocenters. The molecule has 0 amide bonds. The van der Waals surface area contributed by atoms with Crippen LogP contribution in [0, 0.1) is 5.82 Å². The van der Waals surface area contributed by atoms with Gasteiger partial charge in [-0.3, -0.25) is 4.90 Å². The number of thiocarbonyl (C=S) groups is 1. The van der Waals surface area contributed by atoms with Crippen molar-refractivity contribution in [3.8, 4) is 0 Å². The van der Waals surface area contributed by atoms with Crippen LogP contribution in [0.25, 0.3) is 0 Å². The Kier molecular flexibility index (Phi) is 6.17. The molecule has 2 rings (SSSR count). The lowest BCUT2D eigenvalue weighted by atomic mass is 10.2. The summed E-state index contributed by atoms with van der Waals surface area (Å²) in [5.41, 5.74) is 1.00. The van der Waals surface area contributed by atoms with Crippen molar-refractivity contribution in [3.05, 3.63) is 35.6 Å². The van der Waals surface area contributed by atoms with E-state index in [1.54, 1.807) is 12.1 Å². The molecule has 110 valence electrons. The molecule has 1 saturated heterocycles. The smallest absolute Gasteiger partial charge is 0.166 e. The summed E-state index contributed by atoms with van der Waals surface area (Å²) in [6.45, 7) is 5.97. The van der Waals surface area contributed by atoms with Gasteiger partial charge in [0.1, 0.15) is 5.82 Å². The molecule has 1 aliphatic rings. The summed E-state index contributed by atoms with van der Waals surface area (Å²) in [5, 5.41) is 6.91. The molecule has 1 aromatic carbocycles. The lowest BCUT2D eigenvalue weighted by Gasteiger charge is -2.26. The van der Waals surface area contributed by atoms with Gasteiger partial charge in [0, 0.05) is 32.7 Å². The average Bonchev–Trinajstić information content (AvgIpc) is 2.48. The highest BCUT2D eigenvalue weighted by molar-refractivity contribution is 7.80. The second-order valence-electron chi connectivity index (χ2n) is 4.69. The maximum absolute atomic E-state index is 12.8. The summed E-state index contributed by atoms with van der Waals surface area (Å²) in [6, 6.07) is 6.40. The van der Waals surface area contributed by atoms with E-state index in [0.717, 1.165) is 45.0 Å². The van der Waals surface area contributed by atoms with Crippen LogP contribution in [0.4, 0.5) is 4.39 Å². The van der Waals surface area contributed by atoms with Crippen LogP contribution >= 0.6 is 12.2 Å². The number of nitrogens with one attached hydrogen (secondary N) is 2. The first-order valence-electron chi connectivity index (χ1n) is 6.80. The molecule has 20 heavy (non-hydrogen) atoms. The van der Waals surface area contributed by atoms with Crippen LogP contribution in [0.5, 0.6) is 0 Å². The Morgan fingerprint density at radius 2 is 1.90 bits per heavy atom. The zero-order valence-electron chi connectivity index (χ0n) is 11.4. The van der Waals surface area contributed by atoms with E-state index in [1.807, 2.05) is 0 Å². The summed E-state index contributed by atoms with van der Waals surface area (Å²) in [6.07, 6.45) is 0. The van der Waals surface area contributed by atoms with Crippen LogP contribution in [0.15, 0.2) is 24.3 Å². The van der Waals surface area contributed by atoms with Gasteiger partial charge in [-0.25, -0.2) is 4.39 Å². The summed E-state index contributed by atoms with van der Waals surface area (Å²) < 4.78 is 18.1. The van der Waals surface area contributed by atoms with E-state index in [-0.39, 0.29) is 5.82 Å². The molecule has 0 bridgehead atoms. The van der Waals surface area contributed by atoms with Crippen LogP contribution in [-0.2, 0) is 11.3 Å². The van der Waals surface area contributed by atoms with Crippen molar-refractivity contribution >= 4 is 17.3 Å². The molecule has 6 heteroatoms. The number of hydrogen-bond acceptors (Lipinski definition) is 3. The standard InChI is InChI=1S/C14H20FN3OS/c15-13-3-1-12(2-4-13)11-17-14(20)16-5-6-18-7-9-19-10-8-18/h1-4H,5-11H2,(H2,16,17,20). The fourth-order valence-corrected chi connectivity index (χ4v) is 2.17. The number of morpholine rings is 1. The summed E-state index contributed by atoms with van der Waals surface area (Å²) in [4.78, 5) is 2.35. The Balaban J connectivity index is 1.59. The van der Waals surface area contributed by atoms with Gasteiger partial charge in [0.25, 0.3) is 0 Å². The van der Waals surface area contributed by atoms with Gasteiger partial charge in [-0.15, -0.1) is 0 Å². The first-order chi connectivity index (χ1) is 9.74. The maximum Gasteiger partial charge on any atom is 0.166 e. The van der Waals surface area contributed by atoms with Gasteiger partial charge in [0.2, 0.25) is 0 Å². The Morgan fingerprint density at radius 3 is 2.60 bits per heavy atom. The fourth-order valence-electron chi connectivity index (χ4n) is 2.00. The highest BCUT2D eigenvalue weighted by Gasteiger charge is 2.09. The molecule has 0 unspecified atom stereocenters. The summed E-state index contributed by atoms with van der Waals surface area (Å²) in [7, 11) is 0. The predicted octanol–water partition coefficient (Wildman–Crippen LogP) is 1.12. The molecule has 0 aromatic heterocycles. The van der Waals surface area contributed by atoms with Gasteiger partial charge in [-0.05, 0) is 29.9 Å². The van der Waals surface area contributed by atoms with E-state index in [0.29, 0.717) is 11.7 Å². The number of halogens is 1. The topological polar surface area (TPSA) is 36.5 Å². The van der Waals surface area contributed by atoms with Gasteiger partial charge in [0.15, 0.2) is 5.11 Å². The van der Waals surface area contributed by atoms with Gasteiger partial charge < -0.3 is 15.4 Å². The molecule has 1 heterocycles.